The van der Waals surface area contributed by atoms with E-state index < -0.39 is 11.9 Å². The van der Waals surface area contributed by atoms with E-state index in [1.807, 2.05) is 19.1 Å². The molecule has 0 atom stereocenters. The number of hydrogen-bond acceptors (Lipinski definition) is 4. The zero-order valence-corrected chi connectivity index (χ0v) is 12.0. The molecule has 0 spiro atoms. The smallest absolute Gasteiger partial charge is 0.343 e. The first-order chi connectivity index (χ1) is 10.1. The van der Waals surface area contributed by atoms with Crippen molar-refractivity contribution in [2.45, 2.75) is 13.8 Å². The van der Waals surface area contributed by atoms with Crippen molar-refractivity contribution in [3.63, 3.8) is 0 Å². The first kappa shape index (κ1) is 14.8. The molecular weight excluding hydrogens is 268 g/mol. The molecule has 0 unspecified atom stereocenters. The van der Waals surface area contributed by atoms with Gasteiger partial charge in [0.2, 0.25) is 0 Å². The molecule has 0 fully saturated rings. The number of carbonyl (C=O) groups excluding carboxylic acids is 2. The summed E-state index contributed by atoms with van der Waals surface area (Å²) < 4.78 is 10.3. The predicted octanol–water partition coefficient (Wildman–Crippen LogP) is 3.39. The third-order valence-electron chi connectivity index (χ3n) is 2.95. The zero-order chi connectivity index (χ0) is 15.2. The minimum atomic E-state index is -0.509. The minimum Gasteiger partial charge on any atom is -0.462 e. The fourth-order valence-corrected chi connectivity index (χ4v) is 1.89. The van der Waals surface area contributed by atoms with E-state index in [1.165, 1.54) is 0 Å². The van der Waals surface area contributed by atoms with Crippen LogP contribution in [0.25, 0.3) is 0 Å². The number of rotatable bonds is 4. The fourth-order valence-electron chi connectivity index (χ4n) is 1.89. The summed E-state index contributed by atoms with van der Waals surface area (Å²) in [5.74, 6) is -0.806. The van der Waals surface area contributed by atoms with E-state index in [-0.39, 0.29) is 17.9 Å². The number of benzene rings is 2. The van der Waals surface area contributed by atoms with E-state index in [4.69, 9.17) is 9.47 Å². The second kappa shape index (κ2) is 6.70. The second-order valence-electron chi connectivity index (χ2n) is 4.42. The van der Waals surface area contributed by atoms with Crippen LogP contribution in [0.3, 0.4) is 0 Å². The summed E-state index contributed by atoms with van der Waals surface area (Å²) in [6.07, 6.45) is 0. The lowest BCUT2D eigenvalue weighted by Gasteiger charge is -2.10. The van der Waals surface area contributed by atoms with Crippen molar-refractivity contribution in [3.05, 3.63) is 65.2 Å². The molecule has 0 aliphatic heterocycles. The van der Waals surface area contributed by atoms with Crippen LogP contribution in [0.4, 0.5) is 0 Å². The van der Waals surface area contributed by atoms with Crippen molar-refractivity contribution >= 4 is 11.9 Å². The highest BCUT2D eigenvalue weighted by Crippen LogP contribution is 2.21. The highest BCUT2D eigenvalue weighted by Gasteiger charge is 2.17. The van der Waals surface area contributed by atoms with E-state index in [1.54, 1.807) is 43.3 Å². The molecule has 0 saturated heterocycles. The summed E-state index contributed by atoms with van der Waals surface area (Å²) in [7, 11) is 0. The zero-order valence-electron chi connectivity index (χ0n) is 12.0. The average Bonchev–Trinajstić information content (AvgIpc) is 2.48. The predicted molar refractivity (Wildman–Crippen MR) is 78.5 cm³/mol. The van der Waals surface area contributed by atoms with Crippen molar-refractivity contribution in [2.75, 3.05) is 6.61 Å². The molecule has 0 N–H and O–H groups in total. The molecule has 0 amide bonds. The Hall–Kier alpha value is -2.62. The van der Waals surface area contributed by atoms with E-state index in [2.05, 4.69) is 0 Å². The quantitative estimate of drug-likeness (QED) is 0.638. The van der Waals surface area contributed by atoms with E-state index in [0.717, 1.165) is 5.56 Å². The Morgan fingerprint density at radius 2 is 1.52 bits per heavy atom. The monoisotopic (exact) mass is 284 g/mol. The van der Waals surface area contributed by atoms with E-state index in [9.17, 15) is 9.59 Å². The van der Waals surface area contributed by atoms with Gasteiger partial charge in [-0.3, -0.25) is 0 Å². The first-order valence-electron chi connectivity index (χ1n) is 6.67. The van der Waals surface area contributed by atoms with Crippen LogP contribution >= 0.6 is 0 Å². The molecule has 2 aromatic carbocycles. The van der Waals surface area contributed by atoms with Crippen LogP contribution in [0.5, 0.6) is 5.75 Å². The lowest BCUT2D eigenvalue weighted by molar-refractivity contribution is 0.0520. The Balaban J connectivity index is 2.26. The Kier molecular flexibility index (Phi) is 4.72. The molecule has 0 aromatic heterocycles. The summed E-state index contributed by atoms with van der Waals surface area (Å²) in [6.45, 7) is 3.81. The van der Waals surface area contributed by atoms with Crippen LogP contribution in [0, 0.1) is 6.92 Å². The molecule has 2 rings (SSSR count). The lowest BCUT2D eigenvalue weighted by Crippen LogP contribution is -2.13. The van der Waals surface area contributed by atoms with Gasteiger partial charge in [0.25, 0.3) is 0 Å². The summed E-state index contributed by atoms with van der Waals surface area (Å²) >= 11 is 0. The first-order valence-corrected chi connectivity index (χ1v) is 6.67. The van der Waals surface area contributed by atoms with Gasteiger partial charge in [-0.25, -0.2) is 9.59 Å². The number of para-hydroxylation sites is 1. The van der Waals surface area contributed by atoms with Gasteiger partial charge in [0, 0.05) is 0 Å². The fraction of sp³-hybridized carbons (Fsp3) is 0.176. The van der Waals surface area contributed by atoms with Crippen molar-refractivity contribution in [3.8, 4) is 5.75 Å². The van der Waals surface area contributed by atoms with Crippen LogP contribution in [0.15, 0.2) is 48.5 Å². The van der Waals surface area contributed by atoms with Gasteiger partial charge in [0.05, 0.1) is 12.2 Å². The van der Waals surface area contributed by atoms with Gasteiger partial charge < -0.3 is 9.47 Å². The van der Waals surface area contributed by atoms with Crippen LogP contribution in [-0.2, 0) is 4.74 Å². The Bertz CT molecular complexity index is 661. The Morgan fingerprint density at radius 3 is 2.19 bits per heavy atom. The maximum Gasteiger partial charge on any atom is 0.343 e. The largest absolute Gasteiger partial charge is 0.462 e. The average molecular weight is 284 g/mol. The highest BCUT2D eigenvalue weighted by atomic mass is 16.5. The molecule has 0 bridgehead atoms. The van der Waals surface area contributed by atoms with E-state index in [0.29, 0.717) is 5.56 Å². The number of carbonyl (C=O) groups is 2. The molecule has 0 heterocycles. The summed E-state index contributed by atoms with van der Waals surface area (Å²) in [6, 6.07) is 13.7. The van der Waals surface area contributed by atoms with Crippen LogP contribution in [0.1, 0.15) is 33.2 Å². The minimum absolute atomic E-state index is 0.198. The van der Waals surface area contributed by atoms with Crippen molar-refractivity contribution in [1.29, 1.82) is 0 Å². The molecule has 0 saturated carbocycles. The van der Waals surface area contributed by atoms with Gasteiger partial charge in [0.1, 0.15) is 11.3 Å². The van der Waals surface area contributed by atoms with Crippen molar-refractivity contribution in [2.24, 2.45) is 0 Å². The normalized spacial score (nSPS) is 10.0. The molecule has 0 aliphatic rings. The van der Waals surface area contributed by atoms with Crippen LogP contribution in [0.2, 0.25) is 0 Å². The van der Waals surface area contributed by atoms with Gasteiger partial charge in [0.15, 0.2) is 0 Å². The molecule has 2 aromatic rings. The maximum atomic E-state index is 12.2. The molecule has 0 radical (unpaired) electrons. The van der Waals surface area contributed by atoms with Crippen molar-refractivity contribution in [1.82, 2.24) is 0 Å². The van der Waals surface area contributed by atoms with Gasteiger partial charge in [-0.1, -0.05) is 30.3 Å². The number of hydrogen-bond donors (Lipinski definition) is 0. The van der Waals surface area contributed by atoms with E-state index >= 15 is 0 Å². The third-order valence-corrected chi connectivity index (χ3v) is 2.95. The van der Waals surface area contributed by atoms with Gasteiger partial charge in [-0.05, 0) is 37.6 Å². The maximum absolute atomic E-state index is 12.2. The molecule has 4 heteroatoms. The van der Waals surface area contributed by atoms with Gasteiger partial charge in [-0.2, -0.15) is 0 Å². The van der Waals surface area contributed by atoms with Gasteiger partial charge in [-0.15, -0.1) is 0 Å². The van der Waals surface area contributed by atoms with Crippen LogP contribution < -0.4 is 4.74 Å². The standard InChI is InChI=1S/C17H16O4/c1-3-20-16(18)14-10-6-7-11-15(14)21-17(19)13-9-5-4-8-12(13)2/h4-11H,3H2,1-2H3. The van der Waals surface area contributed by atoms with Gasteiger partial charge >= 0.3 is 11.9 Å². The number of esters is 2. The molecule has 0 aliphatic carbocycles. The summed E-state index contributed by atoms with van der Waals surface area (Å²) in [5.41, 5.74) is 1.52. The summed E-state index contributed by atoms with van der Waals surface area (Å²) in [4.78, 5) is 24.0. The second-order valence-corrected chi connectivity index (χ2v) is 4.42. The molecular formula is C17H16O4. The Morgan fingerprint density at radius 1 is 0.905 bits per heavy atom. The number of aryl methyl sites for hydroxylation is 1. The molecule has 108 valence electrons. The summed E-state index contributed by atoms with van der Waals surface area (Å²) in [5, 5.41) is 0. The SMILES string of the molecule is CCOC(=O)c1ccccc1OC(=O)c1ccccc1C. The topological polar surface area (TPSA) is 52.6 Å². The van der Waals surface area contributed by atoms with Crippen LogP contribution in [-0.4, -0.2) is 18.5 Å². The Labute approximate surface area is 123 Å². The highest BCUT2D eigenvalue weighted by molar-refractivity contribution is 5.96. The lowest BCUT2D eigenvalue weighted by atomic mass is 10.1. The molecule has 4 nitrogen and oxygen atoms in total. The number of ether oxygens (including phenoxy) is 2. The molecule has 21 heavy (non-hydrogen) atoms. The van der Waals surface area contributed by atoms with Crippen molar-refractivity contribution < 1.29 is 19.1 Å². The third kappa shape index (κ3) is 3.48.